The van der Waals surface area contributed by atoms with Crippen LogP contribution < -0.4 is 5.32 Å². The molecule has 0 saturated heterocycles. The zero-order valence-electron chi connectivity index (χ0n) is 13.4. The zero-order chi connectivity index (χ0) is 17.1. The van der Waals surface area contributed by atoms with Crippen LogP contribution in [0.2, 0.25) is 0 Å². The van der Waals surface area contributed by atoms with Crippen molar-refractivity contribution in [1.29, 1.82) is 0 Å². The van der Waals surface area contributed by atoms with E-state index < -0.39 is 6.10 Å². The van der Waals surface area contributed by atoms with Crippen LogP contribution in [0.15, 0.2) is 51.6 Å². The van der Waals surface area contributed by atoms with Crippen molar-refractivity contribution < 1.29 is 18.8 Å². The lowest BCUT2D eigenvalue weighted by atomic mass is 10.1. The predicted molar refractivity (Wildman–Crippen MR) is 87.4 cm³/mol. The lowest BCUT2D eigenvalue weighted by Gasteiger charge is -2.12. The topological polar surface area (TPSA) is 88.5 Å². The van der Waals surface area contributed by atoms with Gasteiger partial charge in [-0.1, -0.05) is 29.4 Å². The molecule has 0 unspecified atom stereocenters. The Hall–Kier alpha value is -2.86. The van der Waals surface area contributed by atoms with Gasteiger partial charge in [-0.15, -0.1) is 0 Å². The number of nitrogens with one attached hydrogen (secondary N) is 1. The van der Waals surface area contributed by atoms with Crippen molar-refractivity contribution in [2.75, 3.05) is 6.54 Å². The monoisotopic (exact) mass is 326 g/mol. The number of rotatable bonds is 5. The fraction of sp³-hybridized carbons (Fsp3) is 0.222. The van der Waals surface area contributed by atoms with Crippen molar-refractivity contribution in [1.82, 2.24) is 10.5 Å². The van der Waals surface area contributed by atoms with Gasteiger partial charge in [-0.25, -0.2) is 0 Å². The fourth-order valence-corrected chi connectivity index (χ4v) is 2.52. The molecule has 3 rings (SSSR count). The van der Waals surface area contributed by atoms with E-state index in [9.17, 15) is 9.90 Å². The van der Waals surface area contributed by atoms with E-state index in [4.69, 9.17) is 8.94 Å². The summed E-state index contributed by atoms with van der Waals surface area (Å²) in [5, 5.41) is 16.7. The molecular formula is C18H18N2O4. The normalized spacial score (nSPS) is 12.1. The molecule has 6 heteroatoms. The highest BCUT2D eigenvalue weighted by molar-refractivity contribution is 5.96. The molecule has 0 saturated carbocycles. The van der Waals surface area contributed by atoms with Crippen LogP contribution in [0, 0.1) is 13.8 Å². The Kier molecular flexibility index (Phi) is 4.48. The first-order valence-electron chi connectivity index (χ1n) is 7.59. The molecule has 24 heavy (non-hydrogen) atoms. The Balaban J connectivity index is 1.63. The maximum atomic E-state index is 12.2. The van der Waals surface area contributed by atoms with Crippen LogP contribution in [0.1, 0.15) is 33.5 Å². The van der Waals surface area contributed by atoms with Crippen molar-refractivity contribution in [2.45, 2.75) is 20.0 Å². The van der Waals surface area contributed by atoms with Gasteiger partial charge in [0.1, 0.15) is 17.1 Å². The van der Waals surface area contributed by atoms with E-state index in [1.807, 2.05) is 36.4 Å². The number of aliphatic hydroxyl groups is 1. The molecule has 2 heterocycles. The summed E-state index contributed by atoms with van der Waals surface area (Å²) in [6, 6.07) is 11.0. The second-order valence-corrected chi connectivity index (χ2v) is 5.52. The third-order valence-corrected chi connectivity index (χ3v) is 3.82. The Bertz CT molecular complexity index is 800. The van der Waals surface area contributed by atoms with Crippen LogP contribution in [-0.4, -0.2) is 22.7 Å². The minimum absolute atomic E-state index is 0.100. The molecule has 1 atom stereocenters. The lowest BCUT2D eigenvalue weighted by molar-refractivity contribution is 0.0914. The SMILES string of the molecule is Cc1noc(C)c1C(=O)NC[C@@H](O)c1ccc(-c2ccco2)cc1. The highest BCUT2D eigenvalue weighted by Gasteiger charge is 2.18. The third kappa shape index (κ3) is 3.23. The average Bonchev–Trinajstić information content (AvgIpc) is 3.23. The molecule has 0 bridgehead atoms. The minimum atomic E-state index is -0.805. The largest absolute Gasteiger partial charge is 0.464 e. The van der Waals surface area contributed by atoms with Gasteiger partial charge in [0.25, 0.3) is 5.91 Å². The summed E-state index contributed by atoms with van der Waals surface area (Å²) >= 11 is 0. The quantitative estimate of drug-likeness (QED) is 0.752. The molecule has 0 fully saturated rings. The van der Waals surface area contributed by atoms with Crippen molar-refractivity contribution in [3.05, 3.63) is 65.2 Å². The van der Waals surface area contributed by atoms with Gasteiger partial charge < -0.3 is 19.4 Å². The second-order valence-electron chi connectivity index (χ2n) is 5.52. The van der Waals surface area contributed by atoms with Gasteiger partial charge in [0, 0.05) is 12.1 Å². The van der Waals surface area contributed by atoms with Crippen molar-refractivity contribution in [3.8, 4) is 11.3 Å². The molecular weight excluding hydrogens is 308 g/mol. The van der Waals surface area contributed by atoms with E-state index in [1.165, 1.54) is 0 Å². The van der Waals surface area contributed by atoms with Crippen molar-refractivity contribution in [3.63, 3.8) is 0 Å². The number of carbonyl (C=O) groups is 1. The number of benzene rings is 1. The van der Waals surface area contributed by atoms with Gasteiger partial charge in [0.15, 0.2) is 0 Å². The van der Waals surface area contributed by atoms with E-state index >= 15 is 0 Å². The molecule has 0 aliphatic heterocycles. The van der Waals surface area contributed by atoms with E-state index in [1.54, 1.807) is 20.1 Å². The Labute approximate surface area is 139 Å². The van der Waals surface area contributed by atoms with E-state index in [0.717, 1.165) is 11.3 Å². The number of hydrogen-bond acceptors (Lipinski definition) is 5. The molecule has 3 aromatic rings. The molecule has 1 amide bonds. The van der Waals surface area contributed by atoms with Gasteiger partial charge in [0.2, 0.25) is 0 Å². The van der Waals surface area contributed by atoms with Gasteiger partial charge in [-0.3, -0.25) is 4.79 Å². The Morgan fingerprint density at radius 1 is 1.25 bits per heavy atom. The fourth-order valence-electron chi connectivity index (χ4n) is 2.52. The van der Waals surface area contributed by atoms with E-state index in [-0.39, 0.29) is 12.5 Å². The summed E-state index contributed by atoms with van der Waals surface area (Å²) in [5.74, 6) is 0.919. The first-order chi connectivity index (χ1) is 11.6. The second kappa shape index (κ2) is 6.72. The molecule has 0 spiro atoms. The van der Waals surface area contributed by atoms with Gasteiger partial charge in [-0.2, -0.15) is 0 Å². The molecule has 0 radical (unpaired) electrons. The number of carbonyl (C=O) groups excluding carboxylic acids is 1. The zero-order valence-corrected chi connectivity index (χ0v) is 13.4. The van der Waals surface area contributed by atoms with Crippen molar-refractivity contribution >= 4 is 5.91 Å². The first kappa shape index (κ1) is 16.0. The number of aryl methyl sites for hydroxylation is 2. The molecule has 2 aromatic heterocycles. The maximum Gasteiger partial charge on any atom is 0.256 e. The van der Waals surface area contributed by atoms with Crippen LogP contribution in [0.5, 0.6) is 0 Å². The average molecular weight is 326 g/mol. The standard InChI is InChI=1S/C18H18N2O4/c1-11-17(12(2)24-20-11)18(22)19-10-15(21)13-5-7-14(8-6-13)16-4-3-9-23-16/h3-9,15,21H,10H2,1-2H3,(H,19,22)/t15-/m1/s1. The third-order valence-electron chi connectivity index (χ3n) is 3.82. The molecule has 2 N–H and O–H groups in total. The van der Waals surface area contributed by atoms with Crippen LogP contribution in [0.4, 0.5) is 0 Å². The highest BCUT2D eigenvalue weighted by Crippen LogP contribution is 2.22. The smallest absolute Gasteiger partial charge is 0.256 e. The number of furan rings is 1. The molecule has 0 aliphatic carbocycles. The van der Waals surface area contributed by atoms with Crippen molar-refractivity contribution in [2.24, 2.45) is 0 Å². The van der Waals surface area contributed by atoms with Crippen LogP contribution >= 0.6 is 0 Å². The maximum absolute atomic E-state index is 12.2. The summed E-state index contributed by atoms with van der Waals surface area (Å²) in [6.45, 7) is 3.48. The molecule has 124 valence electrons. The Morgan fingerprint density at radius 3 is 2.58 bits per heavy atom. The van der Waals surface area contributed by atoms with Crippen LogP contribution in [0.3, 0.4) is 0 Å². The van der Waals surface area contributed by atoms with Gasteiger partial charge in [0.05, 0.1) is 18.1 Å². The first-order valence-corrected chi connectivity index (χ1v) is 7.59. The number of amides is 1. The lowest BCUT2D eigenvalue weighted by Crippen LogP contribution is -2.29. The molecule has 1 aromatic carbocycles. The number of hydrogen-bond donors (Lipinski definition) is 2. The summed E-state index contributed by atoms with van der Waals surface area (Å²) in [6.07, 6.45) is 0.808. The summed E-state index contributed by atoms with van der Waals surface area (Å²) < 4.78 is 10.3. The van der Waals surface area contributed by atoms with Crippen LogP contribution in [-0.2, 0) is 0 Å². The highest BCUT2D eigenvalue weighted by atomic mass is 16.5. The summed E-state index contributed by atoms with van der Waals surface area (Å²) in [7, 11) is 0. The molecule has 0 aliphatic rings. The van der Waals surface area contributed by atoms with Gasteiger partial charge in [-0.05, 0) is 31.5 Å². The van der Waals surface area contributed by atoms with E-state index in [2.05, 4.69) is 10.5 Å². The summed E-state index contributed by atoms with van der Waals surface area (Å²) in [5.41, 5.74) is 2.58. The van der Waals surface area contributed by atoms with Gasteiger partial charge >= 0.3 is 0 Å². The van der Waals surface area contributed by atoms with Crippen LogP contribution in [0.25, 0.3) is 11.3 Å². The number of aliphatic hydroxyl groups excluding tert-OH is 1. The predicted octanol–water partition coefficient (Wildman–Crippen LogP) is 3.01. The number of aromatic nitrogens is 1. The summed E-state index contributed by atoms with van der Waals surface area (Å²) in [4.78, 5) is 12.2. The van der Waals surface area contributed by atoms with E-state index in [0.29, 0.717) is 22.6 Å². The molecule has 6 nitrogen and oxygen atoms in total. The number of nitrogens with zero attached hydrogens (tertiary/aromatic N) is 1. The minimum Gasteiger partial charge on any atom is -0.464 e. The Morgan fingerprint density at radius 2 is 2.00 bits per heavy atom.